The van der Waals surface area contributed by atoms with Crippen LogP contribution in [0.5, 0.6) is 11.5 Å². The monoisotopic (exact) mass is 564 g/mol. The molecule has 0 unspecified atom stereocenters. The highest BCUT2D eigenvalue weighted by Crippen LogP contribution is 2.36. The van der Waals surface area contributed by atoms with Gasteiger partial charge in [-0.1, -0.05) is 41.4 Å². The van der Waals surface area contributed by atoms with E-state index in [2.05, 4.69) is 11.9 Å². The van der Waals surface area contributed by atoms with Crippen molar-refractivity contribution in [3.05, 3.63) is 105 Å². The Kier molecular flexibility index (Phi) is 8.43. The van der Waals surface area contributed by atoms with E-state index in [1.165, 1.54) is 13.2 Å². The third-order valence-electron chi connectivity index (χ3n) is 5.98. The summed E-state index contributed by atoms with van der Waals surface area (Å²) in [6.07, 6.45) is 3.56. The van der Waals surface area contributed by atoms with Crippen LogP contribution in [0.25, 0.3) is 6.08 Å². The maximum absolute atomic E-state index is 13.4. The Morgan fingerprint density at radius 1 is 0.974 bits per heavy atom. The molecule has 0 aromatic heterocycles. The highest BCUT2D eigenvalue weighted by molar-refractivity contribution is 6.42. The van der Waals surface area contributed by atoms with Crippen LogP contribution in [0.2, 0.25) is 10.0 Å². The second-order valence-electron chi connectivity index (χ2n) is 9.05. The van der Waals surface area contributed by atoms with Gasteiger partial charge in [-0.25, -0.2) is 9.69 Å². The summed E-state index contributed by atoms with van der Waals surface area (Å²) in [5.74, 6) is -0.628. The number of nitrogens with one attached hydrogen (secondary N) is 1. The van der Waals surface area contributed by atoms with Crippen LogP contribution in [0.3, 0.4) is 0 Å². The molecule has 4 rings (SSSR count). The van der Waals surface area contributed by atoms with E-state index in [1.807, 2.05) is 26.0 Å². The van der Waals surface area contributed by atoms with Gasteiger partial charge in [0, 0.05) is 5.56 Å². The molecule has 0 saturated carbocycles. The number of halogens is 2. The summed E-state index contributed by atoms with van der Waals surface area (Å²) in [5.41, 5.74) is 3.99. The Labute approximate surface area is 236 Å². The van der Waals surface area contributed by atoms with E-state index in [0.717, 1.165) is 27.2 Å². The number of aryl methyl sites for hydroxylation is 2. The Bertz CT molecular complexity index is 1510. The average molecular weight is 565 g/mol. The molecule has 1 heterocycles. The summed E-state index contributed by atoms with van der Waals surface area (Å²) in [6.45, 7) is 7.75. The predicted molar refractivity (Wildman–Crippen MR) is 153 cm³/mol. The molecule has 0 bridgehead atoms. The lowest BCUT2D eigenvalue weighted by molar-refractivity contribution is -0.122. The Hall–Kier alpha value is -4.07. The third kappa shape index (κ3) is 6.16. The molecule has 0 atom stereocenters. The SMILES string of the molecule is C=CCc1cc(/C=C2\C(=O)NC(=O)N(c3cc(C)cc(C)c3)C2=O)cc(OC)c1OCc1ccc(Cl)c(Cl)c1. The molecule has 1 saturated heterocycles. The van der Waals surface area contributed by atoms with E-state index in [4.69, 9.17) is 32.7 Å². The topological polar surface area (TPSA) is 84.9 Å². The second-order valence-corrected chi connectivity index (χ2v) is 9.86. The van der Waals surface area contributed by atoms with E-state index >= 15 is 0 Å². The van der Waals surface area contributed by atoms with Crippen LogP contribution in [0.4, 0.5) is 10.5 Å². The van der Waals surface area contributed by atoms with Gasteiger partial charge in [-0.05, 0) is 85.0 Å². The molecule has 0 spiro atoms. The zero-order chi connectivity index (χ0) is 28.3. The largest absolute Gasteiger partial charge is 0.493 e. The van der Waals surface area contributed by atoms with Gasteiger partial charge in [0.1, 0.15) is 12.2 Å². The lowest BCUT2D eigenvalue weighted by Gasteiger charge is -2.27. The molecule has 3 aromatic carbocycles. The predicted octanol–water partition coefficient (Wildman–Crippen LogP) is 6.59. The minimum Gasteiger partial charge on any atom is -0.493 e. The third-order valence-corrected chi connectivity index (χ3v) is 6.72. The van der Waals surface area contributed by atoms with Crippen LogP contribution in [0.1, 0.15) is 27.8 Å². The number of nitrogens with zero attached hydrogens (tertiary/aromatic N) is 1. The molecule has 0 radical (unpaired) electrons. The standard InChI is InChI=1S/C30H26Cl2N2O5/c1-5-6-21-12-20(15-26(38-4)27(21)39-16-19-7-8-24(31)25(32)14-19)13-23-28(35)33-30(37)34(29(23)36)22-10-17(2)9-18(3)11-22/h5,7-15H,1,6,16H2,2-4H3,(H,33,35,37)/b23-13+. The molecule has 1 aliphatic heterocycles. The van der Waals surface area contributed by atoms with E-state index in [0.29, 0.717) is 39.2 Å². The number of imide groups is 2. The number of hydrogen-bond donors (Lipinski definition) is 1. The first kappa shape index (κ1) is 28.0. The zero-order valence-corrected chi connectivity index (χ0v) is 23.2. The number of barbiturate groups is 1. The number of ether oxygens (including phenoxy) is 2. The van der Waals surface area contributed by atoms with Gasteiger partial charge < -0.3 is 9.47 Å². The molecular formula is C30H26Cl2N2O5. The second kappa shape index (κ2) is 11.8. The first-order chi connectivity index (χ1) is 18.6. The van der Waals surface area contributed by atoms with Crippen LogP contribution in [0.15, 0.2) is 66.8 Å². The van der Waals surface area contributed by atoms with Crippen molar-refractivity contribution in [2.24, 2.45) is 0 Å². The van der Waals surface area contributed by atoms with Crippen molar-refractivity contribution in [1.82, 2.24) is 5.32 Å². The van der Waals surface area contributed by atoms with Crippen molar-refractivity contribution in [2.45, 2.75) is 26.9 Å². The lowest BCUT2D eigenvalue weighted by atomic mass is 10.0. The first-order valence-corrected chi connectivity index (χ1v) is 12.7. The fraction of sp³-hybridized carbons (Fsp3) is 0.167. The number of anilines is 1. The molecular weight excluding hydrogens is 539 g/mol. The minimum atomic E-state index is -0.803. The number of hydrogen-bond acceptors (Lipinski definition) is 5. The van der Waals surface area contributed by atoms with Crippen LogP contribution < -0.4 is 19.7 Å². The first-order valence-electron chi connectivity index (χ1n) is 12.0. The van der Waals surface area contributed by atoms with E-state index in [1.54, 1.807) is 42.5 Å². The maximum Gasteiger partial charge on any atom is 0.335 e. The summed E-state index contributed by atoms with van der Waals surface area (Å²) >= 11 is 12.1. The summed E-state index contributed by atoms with van der Waals surface area (Å²) in [6, 6.07) is 13.2. The molecule has 3 aromatic rings. The number of urea groups is 1. The van der Waals surface area contributed by atoms with Gasteiger partial charge in [-0.15, -0.1) is 6.58 Å². The van der Waals surface area contributed by atoms with Gasteiger partial charge in [0.25, 0.3) is 11.8 Å². The lowest BCUT2D eigenvalue weighted by Crippen LogP contribution is -2.54. The Morgan fingerprint density at radius 3 is 2.33 bits per heavy atom. The summed E-state index contributed by atoms with van der Waals surface area (Å²) in [7, 11) is 1.49. The number of carbonyl (C=O) groups is 3. The van der Waals surface area contributed by atoms with Crippen LogP contribution >= 0.6 is 23.2 Å². The van der Waals surface area contributed by atoms with Gasteiger partial charge in [0.05, 0.1) is 22.8 Å². The number of carbonyl (C=O) groups excluding carboxylic acids is 3. The van der Waals surface area contributed by atoms with E-state index in [-0.39, 0.29) is 12.2 Å². The number of amides is 4. The van der Waals surface area contributed by atoms with Crippen molar-refractivity contribution in [2.75, 3.05) is 12.0 Å². The molecule has 1 fully saturated rings. The summed E-state index contributed by atoms with van der Waals surface area (Å²) in [4.78, 5) is 39.7. The molecule has 1 N–H and O–H groups in total. The molecule has 39 heavy (non-hydrogen) atoms. The van der Waals surface area contributed by atoms with E-state index in [9.17, 15) is 14.4 Å². The molecule has 200 valence electrons. The van der Waals surface area contributed by atoms with Crippen LogP contribution in [-0.4, -0.2) is 25.0 Å². The van der Waals surface area contributed by atoms with Crippen molar-refractivity contribution in [3.63, 3.8) is 0 Å². The summed E-state index contributed by atoms with van der Waals surface area (Å²) < 4.78 is 11.7. The fourth-order valence-electron chi connectivity index (χ4n) is 4.31. The molecule has 9 heteroatoms. The molecule has 7 nitrogen and oxygen atoms in total. The van der Waals surface area contributed by atoms with Gasteiger partial charge in [-0.2, -0.15) is 0 Å². The average Bonchev–Trinajstić information content (AvgIpc) is 2.87. The number of benzene rings is 3. The minimum absolute atomic E-state index is 0.190. The number of allylic oxidation sites excluding steroid dienone is 1. The Balaban J connectivity index is 1.70. The normalized spacial score (nSPS) is 14.4. The number of rotatable bonds is 8. The van der Waals surface area contributed by atoms with Gasteiger partial charge in [0.15, 0.2) is 11.5 Å². The highest BCUT2D eigenvalue weighted by atomic mass is 35.5. The fourth-order valence-corrected chi connectivity index (χ4v) is 4.63. The number of methoxy groups -OCH3 is 1. The molecule has 0 aliphatic carbocycles. The van der Waals surface area contributed by atoms with Gasteiger partial charge in [0.2, 0.25) is 0 Å². The molecule has 1 aliphatic rings. The van der Waals surface area contributed by atoms with Crippen molar-refractivity contribution in [3.8, 4) is 11.5 Å². The maximum atomic E-state index is 13.4. The van der Waals surface area contributed by atoms with Crippen LogP contribution in [-0.2, 0) is 22.6 Å². The van der Waals surface area contributed by atoms with Crippen molar-refractivity contribution in [1.29, 1.82) is 0 Å². The highest BCUT2D eigenvalue weighted by Gasteiger charge is 2.37. The quantitative estimate of drug-likeness (QED) is 0.189. The summed E-state index contributed by atoms with van der Waals surface area (Å²) in [5, 5.41) is 3.13. The van der Waals surface area contributed by atoms with Gasteiger partial charge in [-0.3, -0.25) is 14.9 Å². The van der Waals surface area contributed by atoms with Crippen LogP contribution in [0, 0.1) is 13.8 Å². The van der Waals surface area contributed by atoms with Crippen molar-refractivity contribution >= 4 is 52.8 Å². The molecule has 4 amide bonds. The van der Waals surface area contributed by atoms with E-state index < -0.39 is 17.8 Å². The van der Waals surface area contributed by atoms with Gasteiger partial charge >= 0.3 is 6.03 Å². The Morgan fingerprint density at radius 2 is 1.69 bits per heavy atom. The smallest absolute Gasteiger partial charge is 0.335 e. The zero-order valence-electron chi connectivity index (χ0n) is 21.6. The van der Waals surface area contributed by atoms with Crippen molar-refractivity contribution < 1.29 is 23.9 Å².